The number of hydrogen-bond donors (Lipinski definition) is 3. The number of carboxylic acids is 2. The van der Waals surface area contributed by atoms with Crippen LogP contribution < -0.4 is 24.3 Å². The summed E-state index contributed by atoms with van der Waals surface area (Å²) in [6, 6.07) is 15.5. The third-order valence-electron chi connectivity index (χ3n) is 5.35. The summed E-state index contributed by atoms with van der Waals surface area (Å²) in [6.45, 7) is 6.56. The number of nitrogens with one attached hydrogen (secondary N) is 1. The van der Waals surface area contributed by atoms with Gasteiger partial charge in [-0.3, -0.25) is 0 Å². The summed E-state index contributed by atoms with van der Waals surface area (Å²) >= 11 is 0. The van der Waals surface area contributed by atoms with Crippen LogP contribution in [0.5, 0.6) is 23.0 Å². The highest BCUT2D eigenvalue weighted by molar-refractivity contribution is 5.89. The van der Waals surface area contributed by atoms with Crippen molar-refractivity contribution in [1.82, 2.24) is 5.32 Å². The number of nitriles is 1. The van der Waals surface area contributed by atoms with Crippen molar-refractivity contribution < 1.29 is 38.7 Å². The van der Waals surface area contributed by atoms with Crippen LogP contribution in [0.25, 0.3) is 0 Å². The minimum atomic E-state index is -1.26. The SMILES string of the molecule is COc1ccccc1OCCNCCCC(Oc1ccc(CC#N)cc1OC)C(C)C.O=C(O)/C=C\C(=O)O. The van der Waals surface area contributed by atoms with Gasteiger partial charge in [0.2, 0.25) is 0 Å². The molecule has 0 aromatic heterocycles. The van der Waals surface area contributed by atoms with E-state index in [0.29, 0.717) is 36.8 Å². The lowest BCUT2D eigenvalue weighted by Gasteiger charge is -2.24. The van der Waals surface area contributed by atoms with Crippen molar-refractivity contribution in [3.63, 3.8) is 0 Å². The summed E-state index contributed by atoms with van der Waals surface area (Å²) in [5, 5.41) is 27.9. The van der Waals surface area contributed by atoms with Crippen LogP contribution in [0.3, 0.4) is 0 Å². The van der Waals surface area contributed by atoms with Crippen LogP contribution in [0, 0.1) is 17.2 Å². The van der Waals surface area contributed by atoms with Gasteiger partial charge in [-0.05, 0) is 55.1 Å². The van der Waals surface area contributed by atoms with Gasteiger partial charge >= 0.3 is 11.9 Å². The highest BCUT2D eigenvalue weighted by Crippen LogP contribution is 2.31. The van der Waals surface area contributed by atoms with Gasteiger partial charge in [-0.2, -0.15) is 5.26 Å². The first kappa shape index (κ1) is 32.8. The molecule has 0 aliphatic carbocycles. The summed E-state index contributed by atoms with van der Waals surface area (Å²) in [6.07, 6.45) is 3.48. The van der Waals surface area contributed by atoms with Crippen molar-refractivity contribution in [2.45, 2.75) is 39.2 Å². The molecule has 0 amide bonds. The fourth-order valence-corrected chi connectivity index (χ4v) is 3.37. The van der Waals surface area contributed by atoms with Gasteiger partial charge in [0.05, 0.1) is 26.7 Å². The zero-order valence-corrected chi connectivity index (χ0v) is 22.9. The van der Waals surface area contributed by atoms with Crippen LogP contribution in [0.2, 0.25) is 0 Å². The van der Waals surface area contributed by atoms with E-state index in [0.717, 1.165) is 48.7 Å². The molecule has 0 bridgehead atoms. The van der Waals surface area contributed by atoms with Crippen molar-refractivity contribution in [2.75, 3.05) is 33.9 Å². The highest BCUT2D eigenvalue weighted by atomic mass is 16.5. The van der Waals surface area contributed by atoms with Crippen LogP contribution in [0.4, 0.5) is 0 Å². The Balaban J connectivity index is 0.000000824. The van der Waals surface area contributed by atoms with E-state index in [1.807, 2.05) is 42.5 Å². The summed E-state index contributed by atoms with van der Waals surface area (Å²) in [5.41, 5.74) is 0.923. The van der Waals surface area contributed by atoms with E-state index >= 15 is 0 Å². The van der Waals surface area contributed by atoms with Gasteiger partial charge in [-0.1, -0.05) is 32.0 Å². The summed E-state index contributed by atoms with van der Waals surface area (Å²) < 4.78 is 22.8. The lowest BCUT2D eigenvalue weighted by atomic mass is 10.0. The van der Waals surface area contributed by atoms with Crippen LogP contribution in [-0.2, 0) is 16.0 Å². The van der Waals surface area contributed by atoms with Crippen molar-refractivity contribution >= 4 is 11.9 Å². The molecule has 10 heteroatoms. The summed E-state index contributed by atoms with van der Waals surface area (Å²) in [5.74, 6) is 0.758. The molecular weight excluding hydrogens is 504 g/mol. The van der Waals surface area contributed by atoms with Gasteiger partial charge < -0.3 is 34.5 Å². The molecule has 0 aliphatic heterocycles. The molecule has 39 heavy (non-hydrogen) atoms. The number of methoxy groups -OCH3 is 2. The lowest BCUT2D eigenvalue weighted by molar-refractivity contribution is -0.134. The third kappa shape index (κ3) is 13.8. The maximum atomic E-state index is 9.55. The van der Waals surface area contributed by atoms with Crippen LogP contribution >= 0.6 is 0 Å². The molecule has 1 unspecified atom stereocenters. The lowest BCUT2D eigenvalue weighted by Crippen LogP contribution is -2.27. The monoisotopic (exact) mass is 542 g/mol. The minimum Gasteiger partial charge on any atom is -0.493 e. The highest BCUT2D eigenvalue weighted by Gasteiger charge is 2.17. The Morgan fingerprint density at radius 1 is 0.949 bits per heavy atom. The first-order chi connectivity index (χ1) is 18.7. The van der Waals surface area contributed by atoms with Crippen molar-refractivity contribution in [2.24, 2.45) is 5.92 Å². The van der Waals surface area contributed by atoms with E-state index in [9.17, 15) is 9.59 Å². The molecule has 2 aromatic carbocycles. The predicted molar refractivity (Wildman–Crippen MR) is 147 cm³/mol. The van der Waals surface area contributed by atoms with Crippen LogP contribution in [-0.4, -0.2) is 62.2 Å². The number of para-hydroxylation sites is 2. The molecular formula is C29H38N2O8. The van der Waals surface area contributed by atoms with E-state index < -0.39 is 11.9 Å². The Morgan fingerprint density at radius 2 is 1.59 bits per heavy atom. The topological polar surface area (TPSA) is 147 Å². The van der Waals surface area contributed by atoms with Crippen molar-refractivity contribution in [1.29, 1.82) is 5.26 Å². The van der Waals surface area contributed by atoms with E-state index in [2.05, 4.69) is 25.2 Å². The Kier molecular flexibility index (Phi) is 15.9. The van der Waals surface area contributed by atoms with E-state index in [-0.39, 0.29) is 6.10 Å². The zero-order chi connectivity index (χ0) is 29.0. The third-order valence-corrected chi connectivity index (χ3v) is 5.35. The Morgan fingerprint density at radius 3 is 2.15 bits per heavy atom. The fraction of sp³-hybridized carbons (Fsp3) is 0.414. The quantitative estimate of drug-likeness (QED) is 0.207. The van der Waals surface area contributed by atoms with E-state index in [1.165, 1.54) is 0 Å². The fourth-order valence-electron chi connectivity index (χ4n) is 3.37. The molecule has 212 valence electrons. The van der Waals surface area contributed by atoms with Crippen molar-refractivity contribution in [3.8, 4) is 29.1 Å². The van der Waals surface area contributed by atoms with E-state index in [4.69, 9.17) is 34.4 Å². The second kappa shape index (κ2) is 18.9. The number of ether oxygens (including phenoxy) is 4. The van der Waals surface area contributed by atoms with Gasteiger partial charge in [0.1, 0.15) is 12.7 Å². The van der Waals surface area contributed by atoms with Gasteiger partial charge in [0, 0.05) is 18.7 Å². The number of nitrogens with zero attached hydrogens (tertiary/aromatic N) is 1. The first-order valence-corrected chi connectivity index (χ1v) is 12.5. The Hall–Kier alpha value is -4.23. The average Bonchev–Trinajstić information content (AvgIpc) is 2.91. The molecule has 3 N–H and O–H groups in total. The van der Waals surface area contributed by atoms with Gasteiger partial charge in [-0.15, -0.1) is 0 Å². The molecule has 2 aromatic rings. The minimum absolute atomic E-state index is 0.0855. The maximum Gasteiger partial charge on any atom is 0.328 e. The van der Waals surface area contributed by atoms with Crippen LogP contribution in [0.15, 0.2) is 54.6 Å². The number of benzene rings is 2. The van der Waals surface area contributed by atoms with Crippen molar-refractivity contribution in [3.05, 3.63) is 60.2 Å². The standard InChI is InChI=1S/C25H34N2O4.C4H4O4/c1-19(2)21(31-24-12-11-20(13-14-26)18-25(24)29-4)10-7-15-27-16-17-30-23-9-6-5-8-22(23)28-3;5-3(6)1-2-4(7)8/h5-6,8-9,11-12,18-19,21,27H,7,10,13,15-17H2,1-4H3;1-2H,(H,5,6)(H,7,8)/b;2-1-. The molecule has 0 heterocycles. The second-order valence-corrected chi connectivity index (χ2v) is 8.62. The number of carboxylic acid groups (broad SMARTS) is 2. The normalized spacial score (nSPS) is 11.2. The Bertz CT molecular complexity index is 1080. The second-order valence-electron chi connectivity index (χ2n) is 8.62. The molecule has 0 saturated carbocycles. The van der Waals surface area contributed by atoms with Gasteiger partial charge in [0.15, 0.2) is 23.0 Å². The molecule has 0 saturated heterocycles. The van der Waals surface area contributed by atoms with E-state index in [1.54, 1.807) is 14.2 Å². The molecule has 0 radical (unpaired) electrons. The molecule has 0 fully saturated rings. The summed E-state index contributed by atoms with van der Waals surface area (Å²) in [4.78, 5) is 19.1. The molecule has 0 aliphatic rings. The maximum absolute atomic E-state index is 9.55. The van der Waals surface area contributed by atoms with Crippen LogP contribution in [0.1, 0.15) is 32.3 Å². The number of rotatable bonds is 16. The van der Waals surface area contributed by atoms with Gasteiger partial charge in [0.25, 0.3) is 0 Å². The predicted octanol–water partition coefficient (Wildman–Crippen LogP) is 4.33. The largest absolute Gasteiger partial charge is 0.493 e. The first-order valence-electron chi connectivity index (χ1n) is 12.5. The number of carbonyl (C=O) groups is 2. The number of hydrogen-bond acceptors (Lipinski definition) is 8. The Labute approximate surface area is 229 Å². The zero-order valence-electron chi connectivity index (χ0n) is 22.9. The summed E-state index contributed by atoms with van der Waals surface area (Å²) in [7, 11) is 3.27. The molecule has 10 nitrogen and oxygen atoms in total. The smallest absolute Gasteiger partial charge is 0.328 e. The number of aliphatic carboxylic acids is 2. The molecule has 2 rings (SSSR count). The average molecular weight is 543 g/mol. The molecule has 0 spiro atoms. The molecule has 1 atom stereocenters. The van der Waals surface area contributed by atoms with Gasteiger partial charge in [-0.25, -0.2) is 9.59 Å².